The Balaban J connectivity index is 1.60. The molecule has 1 aliphatic carbocycles. The Morgan fingerprint density at radius 3 is 2.56 bits per heavy atom. The van der Waals surface area contributed by atoms with Crippen LogP contribution in [0.2, 0.25) is 0 Å². The lowest BCUT2D eigenvalue weighted by Crippen LogP contribution is -2.49. The summed E-state index contributed by atoms with van der Waals surface area (Å²) in [5, 5.41) is 3.37. The number of nitrogens with one attached hydrogen (secondary N) is 1. The van der Waals surface area contributed by atoms with Gasteiger partial charge in [0.2, 0.25) is 5.91 Å². The molecule has 2 unspecified atom stereocenters. The second-order valence-corrected chi connectivity index (χ2v) is 8.00. The van der Waals surface area contributed by atoms with E-state index in [1.165, 1.54) is 44.1 Å². The van der Waals surface area contributed by atoms with Gasteiger partial charge in [0.15, 0.2) is 0 Å². The van der Waals surface area contributed by atoms with Crippen LogP contribution < -0.4 is 5.32 Å². The van der Waals surface area contributed by atoms with Crippen molar-refractivity contribution in [1.29, 1.82) is 0 Å². The minimum absolute atomic E-state index is 0.172. The molecule has 1 amide bonds. The summed E-state index contributed by atoms with van der Waals surface area (Å²) in [5.74, 6) is 0.766. The van der Waals surface area contributed by atoms with Gasteiger partial charge in [-0.2, -0.15) is 0 Å². The molecule has 2 atom stereocenters. The maximum atomic E-state index is 12.8. The molecule has 4 nitrogen and oxygen atoms in total. The number of hydrogen-bond acceptors (Lipinski definition) is 3. The van der Waals surface area contributed by atoms with Crippen molar-refractivity contribution in [2.45, 2.75) is 50.6 Å². The van der Waals surface area contributed by atoms with Crippen molar-refractivity contribution in [1.82, 2.24) is 15.1 Å². The average molecular weight is 344 g/mol. The quantitative estimate of drug-likeness (QED) is 0.862. The number of carbonyl (C=O) groups excluding carboxylic acids is 1. The van der Waals surface area contributed by atoms with E-state index in [0.29, 0.717) is 18.5 Å². The van der Waals surface area contributed by atoms with Gasteiger partial charge in [0.05, 0.1) is 12.6 Å². The first kappa shape index (κ1) is 18.4. The van der Waals surface area contributed by atoms with E-state index in [-0.39, 0.29) is 11.9 Å². The maximum Gasteiger partial charge on any atom is 0.234 e. The Hall–Kier alpha value is -1.39. The van der Waals surface area contributed by atoms with E-state index < -0.39 is 0 Å². The molecule has 1 aromatic rings. The second-order valence-electron chi connectivity index (χ2n) is 8.00. The Labute approximate surface area is 152 Å². The highest BCUT2D eigenvalue weighted by Gasteiger charge is 2.29. The van der Waals surface area contributed by atoms with Gasteiger partial charge in [0.25, 0.3) is 0 Å². The van der Waals surface area contributed by atoms with Gasteiger partial charge in [-0.25, -0.2) is 0 Å². The van der Waals surface area contributed by atoms with E-state index >= 15 is 0 Å². The van der Waals surface area contributed by atoms with Gasteiger partial charge in [-0.3, -0.25) is 9.69 Å². The lowest BCUT2D eigenvalue weighted by Gasteiger charge is -2.36. The average Bonchev–Trinajstić information content (AvgIpc) is 3.15. The molecule has 1 heterocycles. The van der Waals surface area contributed by atoms with Gasteiger partial charge in [-0.15, -0.1) is 0 Å². The molecule has 0 spiro atoms. The molecule has 3 rings (SSSR count). The Bertz CT molecular complexity index is 539. The van der Waals surface area contributed by atoms with Crippen molar-refractivity contribution in [2.75, 3.05) is 33.7 Å². The zero-order valence-corrected chi connectivity index (χ0v) is 15.8. The summed E-state index contributed by atoms with van der Waals surface area (Å²) >= 11 is 0. The molecular formula is C21H33N3O. The number of amides is 1. The molecule has 4 heteroatoms. The SMILES string of the molecule is CN(C)C1CCCN(CC(=O)NC(c2ccccc2)C2CCCC2)C1. The van der Waals surface area contributed by atoms with E-state index in [1.54, 1.807) is 0 Å². The van der Waals surface area contributed by atoms with Crippen LogP contribution in [0.3, 0.4) is 0 Å². The van der Waals surface area contributed by atoms with Crippen LogP contribution in [0.5, 0.6) is 0 Å². The predicted octanol–water partition coefficient (Wildman–Crippen LogP) is 3.06. The highest BCUT2D eigenvalue weighted by Crippen LogP contribution is 2.35. The number of benzene rings is 1. The van der Waals surface area contributed by atoms with Gasteiger partial charge < -0.3 is 10.2 Å². The van der Waals surface area contributed by atoms with Gasteiger partial charge in [0, 0.05) is 12.6 Å². The lowest BCUT2D eigenvalue weighted by molar-refractivity contribution is -0.123. The number of nitrogens with zero attached hydrogens (tertiary/aromatic N) is 2. The molecule has 0 radical (unpaired) electrons. The van der Waals surface area contributed by atoms with Crippen LogP contribution in [0, 0.1) is 5.92 Å². The molecule has 1 saturated heterocycles. The van der Waals surface area contributed by atoms with Crippen molar-refractivity contribution >= 4 is 5.91 Å². The van der Waals surface area contributed by atoms with Crippen molar-refractivity contribution in [3.8, 4) is 0 Å². The molecule has 138 valence electrons. The first-order valence-electron chi connectivity index (χ1n) is 9.86. The maximum absolute atomic E-state index is 12.8. The molecule has 1 aromatic carbocycles. The Morgan fingerprint density at radius 2 is 1.88 bits per heavy atom. The standard InChI is InChI=1S/C21H33N3O/c1-23(2)19-13-8-14-24(15-19)16-20(25)22-21(18-11-6-7-12-18)17-9-4-3-5-10-17/h3-5,9-10,18-19,21H,6-8,11-16H2,1-2H3,(H,22,25). The summed E-state index contributed by atoms with van der Waals surface area (Å²) in [6, 6.07) is 11.3. The van der Waals surface area contributed by atoms with Crippen LogP contribution in [-0.4, -0.2) is 55.5 Å². The zero-order chi connectivity index (χ0) is 17.6. The number of hydrogen-bond donors (Lipinski definition) is 1. The van der Waals surface area contributed by atoms with E-state index in [9.17, 15) is 4.79 Å². The van der Waals surface area contributed by atoms with Crippen LogP contribution in [0.4, 0.5) is 0 Å². The summed E-state index contributed by atoms with van der Waals surface area (Å²) < 4.78 is 0. The van der Waals surface area contributed by atoms with E-state index in [2.05, 4.69) is 53.5 Å². The second kappa shape index (κ2) is 8.81. The van der Waals surface area contributed by atoms with Crippen LogP contribution in [0.25, 0.3) is 0 Å². The predicted molar refractivity (Wildman–Crippen MR) is 102 cm³/mol. The van der Waals surface area contributed by atoms with Gasteiger partial charge in [0.1, 0.15) is 0 Å². The van der Waals surface area contributed by atoms with Gasteiger partial charge in [-0.05, 0) is 57.8 Å². The number of rotatable bonds is 6. The fraction of sp³-hybridized carbons (Fsp3) is 0.667. The zero-order valence-electron chi connectivity index (χ0n) is 15.8. The molecule has 1 N–H and O–H groups in total. The van der Waals surface area contributed by atoms with Crippen LogP contribution in [0.15, 0.2) is 30.3 Å². The molecule has 2 aliphatic rings. The summed E-state index contributed by atoms with van der Waals surface area (Å²) in [6.45, 7) is 2.57. The third-order valence-corrected chi connectivity index (χ3v) is 5.92. The van der Waals surface area contributed by atoms with Crippen molar-refractivity contribution in [3.63, 3.8) is 0 Å². The molecule has 2 fully saturated rings. The summed E-state index contributed by atoms with van der Waals surface area (Å²) in [4.78, 5) is 17.4. The molecule has 1 saturated carbocycles. The van der Waals surface area contributed by atoms with Gasteiger partial charge in [-0.1, -0.05) is 43.2 Å². The Morgan fingerprint density at radius 1 is 1.16 bits per heavy atom. The van der Waals surface area contributed by atoms with Crippen LogP contribution in [0.1, 0.15) is 50.1 Å². The number of likely N-dealkylation sites (N-methyl/N-ethyl adjacent to an activating group) is 1. The fourth-order valence-corrected chi connectivity index (χ4v) is 4.44. The minimum Gasteiger partial charge on any atom is -0.348 e. The summed E-state index contributed by atoms with van der Waals surface area (Å²) in [6.07, 6.45) is 7.46. The van der Waals surface area contributed by atoms with Crippen LogP contribution in [-0.2, 0) is 4.79 Å². The molecule has 0 bridgehead atoms. The smallest absolute Gasteiger partial charge is 0.234 e. The first-order chi connectivity index (χ1) is 12.1. The normalized spacial score (nSPS) is 23.7. The first-order valence-corrected chi connectivity index (χ1v) is 9.86. The van der Waals surface area contributed by atoms with Gasteiger partial charge >= 0.3 is 0 Å². The minimum atomic E-state index is 0.172. The molecule has 1 aliphatic heterocycles. The molecule has 0 aromatic heterocycles. The topological polar surface area (TPSA) is 35.6 Å². The monoisotopic (exact) mass is 343 g/mol. The highest BCUT2D eigenvalue weighted by molar-refractivity contribution is 5.78. The van der Waals surface area contributed by atoms with Crippen LogP contribution >= 0.6 is 0 Å². The highest BCUT2D eigenvalue weighted by atomic mass is 16.2. The van der Waals surface area contributed by atoms with Crippen molar-refractivity contribution < 1.29 is 4.79 Å². The number of likely N-dealkylation sites (tertiary alicyclic amines) is 1. The van der Waals surface area contributed by atoms with E-state index in [0.717, 1.165) is 13.1 Å². The lowest BCUT2D eigenvalue weighted by atomic mass is 9.91. The fourth-order valence-electron chi connectivity index (χ4n) is 4.44. The largest absolute Gasteiger partial charge is 0.348 e. The van der Waals surface area contributed by atoms with E-state index in [1.807, 2.05) is 6.07 Å². The van der Waals surface area contributed by atoms with Crippen molar-refractivity contribution in [3.05, 3.63) is 35.9 Å². The Kier molecular flexibility index (Phi) is 6.49. The number of carbonyl (C=O) groups is 1. The third-order valence-electron chi connectivity index (χ3n) is 5.92. The summed E-state index contributed by atoms with van der Waals surface area (Å²) in [5.41, 5.74) is 1.26. The number of piperidine rings is 1. The summed E-state index contributed by atoms with van der Waals surface area (Å²) in [7, 11) is 4.28. The third kappa shape index (κ3) is 5.05. The molecule has 25 heavy (non-hydrogen) atoms. The van der Waals surface area contributed by atoms with E-state index in [4.69, 9.17) is 0 Å². The molecular weight excluding hydrogens is 310 g/mol. The van der Waals surface area contributed by atoms with Crippen molar-refractivity contribution in [2.24, 2.45) is 5.92 Å².